The molecular formula is C29H38FN3O5. The number of ether oxygens (including phenoxy) is 2. The molecule has 4 atom stereocenters. The number of amides is 1. The molecule has 9 heteroatoms. The quantitative estimate of drug-likeness (QED) is 0.544. The first-order valence-electron chi connectivity index (χ1n) is 13.6. The van der Waals surface area contributed by atoms with Crippen molar-refractivity contribution in [3.63, 3.8) is 0 Å². The highest BCUT2D eigenvalue weighted by molar-refractivity contribution is 5.97. The number of likely N-dealkylation sites (tertiary alicyclic amines) is 1. The van der Waals surface area contributed by atoms with Crippen LogP contribution < -0.4 is 9.47 Å². The molecule has 0 aliphatic carbocycles. The van der Waals surface area contributed by atoms with E-state index in [4.69, 9.17) is 14.6 Å². The predicted molar refractivity (Wildman–Crippen MR) is 141 cm³/mol. The maximum atomic E-state index is 14.7. The van der Waals surface area contributed by atoms with Crippen molar-refractivity contribution in [1.29, 1.82) is 0 Å². The summed E-state index contributed by atoms with van der Waals surface area (Å²) >= 11 is 0. The van der Waals surface area contributed by atoms with Crippen LogP contribution in [-0.2, 0) is 13.0 Å². The van der Waals surface area contributed by atoms with Crippen molar-refractivity contribution < 1.29 is 28.9 Å². The van der Waals surface area contributed by atoms with Crippen LogP contribution in [0, 0.1) is 0 Å². The number of halogens is 1. The number of benzene rings is 2. The molecule has 0 radical (unpaired) electrons. The molecule has 38 heavy (non-hydrogen) atoms. The molecule has 0 spiro atoms. The first-order valence-corrected chi connectivity index (χ1v) is 13.6. The number of hydrogen-bond acceptors (Lipinski definition) is 7. The van der Waals surface area contributed by atoms with E-state index < -0.39 is 18.4 Å². The van der Waals surface area contributed by atoms with Crippen molar-refractivity contribution in [3.05, 3.63) is 59.2 Å². The Morgan fingerprint density at radius 3 is 2.71 bits per heavy atom. The van der Waals surface area contributed by atoms with Crippen molar-refractivity contribution in [2.75, 3.05) is 52.4 Å². The molecule has 1 fully saturated rings. The van der Waals surface area contributed by atoms with Crippen LogP contribution in [0.2, 0.25) is 0 Å². The van der Waals surface area contributed by atoms with E-state index in [0.717, 1.165) is 19.5 Å². The summed E-state index contributed by atoms with van der Waals surface area (Å²) in [5.74, 6) is 0.684. The molecule has 1 amide bonds. The van der Waals surface area contributed by atoms with Crippen molar-refractivity contribution in [1.82, 2.24) is 14.7 Å². The summed E-state index contributed by atoms with van der Waals surface area (Å²) in [7, 11) is 0. The standard InChI is InChI=1S/C29H38FN3O5/c1-20-15-33(18-23(35)17-32-10-8-21-4-2-3-5-22(21)16-32)29(36)25-7-6-24(14-28(25)37-20)38-27-9-11-31(12-13-34)19-26(27)30/h2-7,14,20,23,26-27,34-35H,8-13,15-19H2,1H3/t20-,23?,26-,27-/m1/s1. The molecule has 206 valence electrons. The fraction of sp³-hybridized carbons (Fsp3) is 0.552. The van der Waals surface area contributed by atoms with Gasteiger partial charge in [-0.15, -0.1) is 0 Å². The minimum Gasteiger partial charge on any atom is -0.488 e. The Hall–Kier alpha value is -2.72. The molecule has 0 bridgehead atoms. The van der Waals surface area contributed by atoms with Gasteiger partial charge in [0.15, 0.2) is 0 Å². The number of aliphatic hydroxyl groups excluding tert-OH is 2. The Labute approximate surface area is 223 Å². The fourth-order valence-corrected chi connectivity index (χ4v) is 5.74. The molecule has 3 heterocycles. The zero-order valence-electron chi connectivity index (χ0n) is 22.0. The van der Waals surface area contributed by atoms with Gasteiger partial charge in [0.05, 0.1) is 24.8 Å². The third kappa shape index (κ3) is 6.29. The Morgan fingerprint density at radius 2 is 1.92 bits per heavy atom. The van der Waals surface area contributed by atoms with Crippen LogP contribution >= 0.6 is 0 Å². The van der Waals surface area contributed by atoms with Gasteiger partial charge in [-0.3, -0.25) is 14.6 Å². The maximum absolute atomic E-state index is 14.7. The van der Waals surface area contributed by atoms with E-state index in [0.29, 0.717) is 49.7 Å². The Balaban J connectivity index is 1.20. The zero-order valence-corrected chi connectivity index (χ0v) is 22.0. The Kier molecular flexibility index (Phi) is 8.48. The van der Waals surface area contributed by atoms with Crippen LogP contribution in [0.5, 0.6) is 11.5 Å². The van der Waals surface area contributed by atoms with Crippen LogP contribution in [-0.4, -0.2) is 108 Å². The van der Waals surface area contributed by atoms with Crippen molar-refractivity contribution >= 4 is 5.91 Å². The van der Waals surface area contributed by atoms with Gasteiger partial charge in [-0.05, 0) is 43.0 Å². The lowest BCUT2D eigenvalue weighted by atomic mass is 10.00. The second-order valence-corrected chi connectivity index (χ2v) is 10.7. The molecule has 2 aromatic carbocycles. The second kappa shape index (κ2) is 12.0. The number of β-amino-alcohol motifs (C(OH)–C–C–N with tert-alkyl or cyclic N) is 2. The lowest BCUT2D eigenvalue weighted by molar-refractivity contribution is 0.0166. The highest BCUT2D eigenvalue weighted by Gasteiger charge is 2.32. The minimum atomic E-state index is -1.17. The summed E-state index contributed by atoms with van der Waals surface area (Å²) < 4.78 is 26.7. The van der Waals surface area contributed by atoms with Gasteiger partial charge >= 0.3 is 0 Å². The third-order valence-electron chi connectivity index (χ3n) is 7.66. The molecule has 5 rings (SSSR count). The van der Waals surface area contributed by atoms with E-state index in [1.54, 1.807) is 23.1 Å². The normalized spacial score (nSPS) is 25.2. The largest absolute Gasteiger partial charge is 0.488 e. The average molecular weight is 528 g/mol. The number of carbonyl (C=O) groups is 1. The molecule has 8 nitrogen and oxygen atoms in total. The number of aliphatic hydroxyl groups is 2. The lowest BCUT2D eigenvalue weighted by Gasteiger charge is -2.34. The number of carbonyl (C=O) groups excluding carboxylic acids is 1. The predicted octanol–water partition coefficient (Wildman–Crippen LogP) is 2.11. The number of fused-ring (bicyclic) bond motifs is 2. The van der Waals surface area contributed by atoms with Crippen LogP contribution in [0.1, 0.15) is 34.8 Å². The summed E-state index contributed by atoms with van der Waals surface area (Å²) in [6.45, 7) is 6.00. The van der Waals surface area contributed by atoms with Crippen molar-refractivity contribution in [2.24, 2.45) is 0 Å². The zero-order chi connectivity index (χ0) is 26.6. The van der Waals surface area contributed by atoms with E-state index >= 15 is 0 Å². The first kappa shape index (κ1) is 26.9. The molecular weight excluding hydrogens is 489 g/mol. The summed E-state index contributed by atoms with van der Waals surface area (Å²) in [5.41, 5.74) is 3.07. The molecule has 3 aliphatic heterocycles. The highest BCUT2D eigenvalue weighted by atomic mass is 19.1. The van der Waals surface area contributed by atoms with Gasteiger partial charge in [-0.2, -0.15) is 0 Å². The van der Waals surface area contributed by atoms with E-state index in [9.17, 15) is 14.3 Å². The average Bonchev–Trinajstić information content (AvgIpc) is 3.00. The Bertz CT molecular complexity index is 1120. The highest BCUT2D eigenvalue weighted by Crippen LogP contribution is 2.31. The van der Waals surface area contributed by atoms with E-state index in [1.165, 1.54) is 11.1 Å². The molecule has 2 N–H and O–H groups in total. The first-order chi connectivity index (χ1) is 18.4. The summed E-state index contributed by atoms with van der Waals surface area (Å²) in [4.78, 5) is 19.2. The lowest BCUT2D eigenvalue weighted by Crippen LogP contribution is -2.47. The molecule has 1 saturated heterocycles. The summed E-state index contributed by atoms with van der Waals surface area (Å²) in [6, 6.07) is 13.4. The number of piperidine rings is 1. The van der Waals surface area contributed by atoms with Crippen LogP contribution in [0.3, 0.4) is 0 Å². The number of nitrogens with zero attached hydrogens (tertiary/aromatic N) is 3. The fourth-order valence-electron chi connectivity index (χ4n) is 5.74. The topological polar surface area (TPSA) is 85.7 Å². The maximum Gasteiger partial charge on any atom is 0.257 e. The van der Waals surface area contributed by atoms with Gasteiger partial charge in [-0.25, -0.2) is 4.39 Å². The number of hydrogen-bond donors (Lipinski definition) is 2. The number of rotatable bonds is 8. The van der Waals surface area contributed by atoms with Gasteiger partial charge in [0.1, 0.15) is 29.9 Å². The van der Waals surface area contributed by atoms with E-state index in [2.05, 4.69) is 23.1 Å². The molecule has 1 unspecified atom stereocenters. The second-order valence-electron chi connectivity index (χ2n) is 10.7. The summed E-state index contributed by atoms with van der Waals surface area (Å²) in [5, 5.41) is 20.0. The van der Waals surface area contributed by atoms with Gasteiger partial charge < -0.3 is 24.6 Å². The number of alkyl halides is 1. The monoisotopic (exact) mass is 527 g/mol. The van der Waals surface area contributed by atoms with Gasteiger partial charge in [0.2, 0.25) is 0 Å². The minimum absolute atomic E-state index is 0.00739. The molecule has 2 aromatic rings. The van der Waals surface area contributed by atoms with E-state index in [-0.39, 0.29) is 31.7 Å². The SMILES string of the molecule is C[C@@H]1CN(CC(O)CN2CCc3ccccc3C2)C(=O)c2ccc(O[C@@H]3CCN(CCO)C[C@H]3F)cc2O1. The van der Waals surface area contributed by atoms with Crippen LogP contribution in [0.15, 0.2) is 42.5 Å². The molecule has 3 aliphatic rings. The summed E-state index contributed by atoms with van der Waals surface area (Å²) in [6.07, 6.45) is -1.24. The third-order valence-corrected chi connectivity index (χ3v) is 7.66. The van der Waals surface area contributed by atoms with Gasteiger partial charge in [0, 0.05) is 51.9 Å². The smallest absolute Gasteiger partial charge is 0.257 e. The molecule has 0 saturated carbocycles. The van der Waals surface area contributed by atoms with Gasteiger partial charge in [0.25, 0.3) is 5.91 Å². The van der Waals surface area contributed by atoms with Gasteiger partial charge in [-0.1, -0.05) is 24.3 Å². The molecule has 0 aromatic heterocycles. The van der Waals surface area contributed by atoms with Crippen molar-refractivity contribution in [2.45, 2.75) is 50.8 Å². The van der Waals surface area contributed by atoms with E-state index in [1.807, 2.05) is 17.9 Å². The van der Waals surface area contributed by atoms with Crippen molar-refractivity contribution in [3.8, 4) is 11.5 Å². The Morgan fingerprint density at radius 1 is 1.11 bits per heavy atom. The van der Waals surface area contributed by atoms with Crippen LogP contribution in [0.4, 0.5) is 4.39 Å². The van der Waals surface area contributed by atoms with Crippen LogP contribution in [0.25, 0.3) is 0 Å².